The van der Waals surface area contributed by atoms with Crippen LogP contribution in [-0.4, -0.2) is 34.1 Å². The molecule has 0 spiro atoms. The number of aliphatic carboxylic acids is 1. The van der Waals surface area contributed by atoms with Gasteiger partial charge in [-0.05, 0) is 19.8 Å². The number of hydrogen-bond acceptors (Lipinski definition) is 4. The van der Waals surface area contributed by atoms with Gasteiger partial charge in [-0.2, -0.15) is 0 Å². The second-order valence-electron chi connectivity index (χ2n) is 4.02. The molecule has 1 aliphatic carbocycles. The molecule has 0 unspecified atom stereocenters. The van der Waals surface area contributed by atoms with Crippen LogP contribution in [0.5, 0.6) is 0 Å². The number of carbonyl (C=O) groups is 1. The summed E-state index contributed by atoms with van der Waals surface area (Å²) in [4.78, 5) is 20.8. The number of nitrogens with zero attached hydrogens (tertiary/aromatic N) is 1. The standard InChI is InChI=1S/C9H16N2O4/c1-6(9(12)13)10-7-2-4-8(5-3-7)11(14)15/h6-8,10H,2-5H2,1H3,(H,12,13)/t6-,7?,8?/m0/s1. The maximum Gasteiger partial charge on any atom is 0.320 e. The second-order valence-corrected chi connectivity index (χ2v) is 4.02. The van der Waals surface area contributed by atoms with Gasteiger partial charge in [0.15, 0.2) is 0 Å². The summed E-state index contributed by atoms with van der Waals surface area (Å²) >= 11 is 0. The molecule has 0 bridgehead atoms. The first-order chi connectivity index (χ1) is 7.00. The van der Waals surface area contributed by atoms with Crippen molar-refractivity contribution in [2.24, 2.45) is 0 Å². The lowest BCUT2D eigenvalue weighted by Gasteiger charge is -2.26. The Labute approximate surface area is 87.8 Å². The van der Waals surface area contributed by atoms with Crippen LogP contribution in [0.25, 0.3) is 0 Å². The largest absolute Gasteiger partial charge is 0.480 e. The molecule has 86 valence electrons. The van der Waals surface area contributed by atoms with Gasteiger partial charge in [0.2, 0.25) is 6.04 Å². The zero-order valence-electron chi connectivity index (χ0n) is 8.68. The molecule has 2 N–H and O–H groups in total. The third-order valence-electron chi connectivity index (χ3n) is 2.85. The molecule has 0 heterocycles. The first-order valence-electron chi connectivity index (χ1n) is 5.13. The molecule has 0 aromatic carbocycles. The SMILES string of the molecule is C[C@H](NC1CCC([N+](=O)[O-])CC1)C(=O)O. The molecule has 0 aromatic rings. The van der Waals surface area contributed by atoms with Crippen molar-refractivity contribution < 1.29 is 14.8 Å². The quantitative estimate of drug-likeness (QED) is 0.531. The molecule has 1 aliphatic rings. The summed E-state index contributed by atoms with van der Waals surface area (Å²) in [5, 5.41) is 22.1. The average Bonchev–Trinajstić information content (AvgIpc) is 2.18. The molecule has 15 heavy (non-hydrogen) atoms. The summed E-state index contributed by atoms with van der Waals surface area (Å²) in [7, 11) is 0. The van der Waals surface area contributed by atoms with Gasteiger partial charge in [0, 0.05) is 23.8 Å². The Morgan fingerprint density at radius 3 is 2.40 bits per heavy atom. The van der Waals surface area contributed by atoms with Crippen LogP contribution in [0.4, 0.5) is 0 Å². The van der Waals surface area contributed by atoms with Crippen molar-refractivity contribution in [3.63, 3.8) is 0 Å². The molecule has 0 saturated heterocycles. The van der Waals surface area contributed by atoms with Crippen molar-refractivity contribution in [3.05, 3.63) is 10.1 Å². The van der Waals surface area contributed by atoms with Crippen molar-refractivity contribution in [1.82, 2.24) is 5.32 Å². The molecule has 1 atom stereocenters. The smallest absolute Gasteiger partial charge is 0.320 e. The Balaban J connectivity index is 2.31. The number of rotatable bonds is 4. The van der Waals surface area contributed by atoms with E-state index in [1.807, 2.05) is 0 Å². The second kappa shape index (κ2) is 5.06. The molecule has 1 rings (SSSR count). The van der Waals surface area contributed by atoms with Crippen LogP contribution in [0.3, 0.4) is 0 Å². The van der Waals surface area contributed by atoms with Crippen LogP contribution in [0.1, 0.15) is 32.6 Å². The zero-order valence-corrected chi connectivity index (χ0v) is 8.68. The molecule has 1 fully saturated rings. The number of hydrogen-bond donors (Lipinski definition) is 2. The molecule has 6 nitrogen and oxygen atoms in total. The fraction of sp³-hybridized carbons (Fsp3) is 0.889. The maximum absolute atomic E-state index is 10.6. The van der Waals surface area contributed by atoms with E-state index in [1.54, 1.807) is 6.92 Å². The van der Waals surface area contributed by atoms with Gasteiger partial charge in [0.25, 0.3) is 0 Å². The summed E-state index contributed by atoms with van der Waals surface area (Å²) in [6, 6.07) is -0.919. The Kier molecular flexibility index (Phi) is 4.02. The molecule has 1 saturated carbocycles. The van der Waals surface area contributed by atoms with Crippen LogP contribution in [0.2, 0.25) is 0 Å². The topological polar surface area (TPSA) is 92.5 Å². The van der Waals surface area contributed by atoms with Crippen LogP contribution in [0, 0.1) is 10.1 Å². The molecular formula is C9H16N2O4. The number of carboxylic acid groups (broad SMARTS) is 1. The first kappa shape index (κ1) is 11.9. The summed E-state index contributed by atoms with van der Waals surface area (Å²) in [6.45, 7) is 1.59. The predicted molar refractivity (Wildman–Crippen MR) is 53.3 cm³/mol. The van der Waals surface area contributed by atoms with Crippen LogP contribution in [-0.2, 0) is 4.79 Å². The van der Waals surface area contributed by atoms with E-state index in [4.69, 9.17) is 5.11 Å². The van der Waals surface area contributed by atoms with Crippen molar-refractivity contribution in [2.45, 2.75) is 50.7 Å². The van der Waals surface area contributed by atoms with Gasteiger partial charge < -0.3 is 10.4 Å². The van der Waals surface area contributed by atoms with E-state index in [0.717, 1.165) is 0 Å². The third kappa shape index (κ3) is 3.47. The fourth-order valence-electron chi connectivity index (χ4n) is 1.88. The zero-order chi connectivity index (χ0) is 11.4. The molecule has 0 aliphatic heterocycles. The fourth-order valence-corrected chi connectivity index (χ4v) is 1.88. The number of carboxylic acids is 1. The lowest BCUT2D eigenvalue weighted by atomic mass is 9.91. The van der Waals surface area contributed by atoms with Gasteiger partial charge in [-0.1, -0.05) is 0 Å². The number of nitrogens with one attached hydrogen (secondary N) is 1. The molecule has 0 amide bonds. The average molecular weight is 216 g/mol. The Morgan fingerprint density at radius 2 is 2.00 bits per heavy atom. The Bertz CT molecular complexity index is 248. The minimum Gasteiger partial charge on any atom is -0.480 e. The highest BCUT2D eigenvalue weighted by Crippen LogP contribution is 2.20. The Morgan fingerprint density at radius 1 is 1.47 bits per heavy atom. The van der Waals surface area contributed by atoms with Crippen molar-refractivity contribution in [1.29, 1.82) is 0 Å². The van der Waals surface area contributed by atoms with E-state index >= 15 is 0 Å². The maximum atomic E-state index is 10.6. The third-order valence-corrected chi connectivity index (χ3v) is 2.85. The molecule has 0 radical (unpaired) electrons. The minimum atomic E-state index is -0.883. The van der Waals surface area contributed by atoms with E-state index in [2.05, 4.69) is 5.32 Å². The van der Waals surface area contributed by atoms with Gasteiger partial charge in [-0.15, -0.1) is 0 Å². The van der Waals surface area contributed by atoms with Crippen molar-refractivity contribution >= 4 is 5.97 Å². The summed E-state index contributed by atoms with van der Waals surface area (Å²) in [5.41, 5.74) is 0. The lowest BCUT2D eigenvalue weighted by molar-refractivity contribution is -0.526. The van der Waals surface area contributed by atoms with Crippen LogP contribution < -0.4 is 5.32 Å². The summed E-state index contributed by atoms with van der Waals surface area (Å²) in [5.74, 6) is -0.883. The van der Waals surface area contributed by atoms with Crippen molar-refractivity contribution in [3.8, 4) is 0 Å². The summed E-state index contributed by atoms with van der Waals surface area (Å²) in [6.07, 6.45) is 2.44. The highest BCUT2D eigenvalue weighted by molar-refractivity contribution is 5.72. The first-order valence-corrected chi connectivity index (χ1v) is 5.13. The summed E-state index contributed by atoms with van der Waals surface area (Å²) < 4.78 is 0. The Hall–Kier alpha value is -1.17. The highest BCUT2D eigenvalue weighted by Gasteiger charge is 2.29. The van der Waals surface area contributed by atoms with E-state index in [0.29, 0.717) is 25.7 Å². The lowest BCUT2D eigenvalue weighted by Crippen LogP contribution is -2.44. The highest BCUT2D eigenvalue weighted by atomic mass is 16.6. The predicted octanol–water partition coefficient (Wildman–Crippen LogP) is 0.637. The normalized spacial score (nSPS) is 28.3. The van der Waals surface area contributed by atoms with E-state index < -0.39 is 18.1 Å². The van der Waals surface area contributed by atoms with Gasteiger partial charge in [0.1, 0.15) is 6.04 Å². The van der Waals surface area contributed by atoms with Gasteiger partial charge in [-0.25, -0.2) is 0 Å². The molecule has 6 heteroatoms. The van der Waals surface area contributed by atoms with E-state index in [9.17, 15) is 14.9 Å². The van der Waals surface area contributed by atoms with Crippen LogP contribution >= 0.6 is 0 Å². The van der Waals surface area contributed by atoms with E-state index in [-0.39, 0.29) is 11.0 Å². The van der Waals surface area contributed by atoms with Gasteiger partial charge in [0.05, 0.1) is 0 Å². The van der Waals surface area contributed by atoms with E-state index in [1.165, 1.54) is 0 Å². The number of nitro groups is 1. The minimum absolute atomic E-state index is 0.104. The van der Waals surface area contributed by atoms with Gasteiger partial charge in [-0.3, -0.25) is 14.9 Å². The monoisotopic (exact) mass is 216 g/mol. The molecular weight excluding hydrogens is 200 g/mol. The van der Waals surface area contributed by atoms with Crippen LogP contribution in [0.15, 0.2) is 0 Å². The van der Waals surface area contributed by atoms with Gasteiger partial charge >= 0.3 is 5.97 Å². The molecule has 0 aromatic heterocycles. The van der Waals surface area contributed by atoms with Crippen molar-refractivity contribution in [2.75, 3.05) is 0 Å².